The Morgan fingerprint density at radius 2 is 2.17 bits per heavy atom. The number of rotatable bonds is 7. The van der Waals surface area contributed by atoms with Gasteiger partial charge in [0.2, 0.25) is 0 Å². The van der Waals surface area contributed by atoms with Gasteiger partial charge in [-0.05, 0) is 31.2 Å². The van der Waals surface area contributed by atoms with E-state index >= 15 is 0 Å². The molecular weight excluding hydrogens is 224 g/mol. The van der Waals surface area contributed by atoms with Gasteiger partial charge in [0.05, 0.1) is 12.7 Å². The number of morpholine rings is 1. The average Bonchev–Trinajstić information content (AvgIpc) is 2.28. The lowest BCUT2D eigenvalue weighted by Crippen LogP contribution is -2.48. The highest BCUT2D eigenvalue weighted by molar-refractivity contribution is 4.82. The quantitative estimate of drug-likeness (QED) is 0.757. The predicted octanol–water partition coefficient (Wildman–Crippen LogP) is 2.37. The fourth-order valence-corrected chi connectivity index (χ4v) is 2.53. The summed E-state index contributed by atoms with van der Waals surface area (Å²) in [5.74, 6) is 0.731. The summed E-state index contributed by atoms with van der Waals surface area (Å²) in [6, 6.07) is 0. The van der Waals surface area contributed by atoms with E-state index in [-0.39, 0.29) is 0 Å². The summed E-state index contributed by atoms with van der Waals surface area (Å²) in [4.78, 5) is 2.56. The molecule has 0 spiro atoms. The first kappa shape index (κ1) is 15.9. The van der Waals surface area contributed by atoms with Crippen molar-refractivity contribution >= 4 is 0 Å². The van der Waals surface area contributed by atoms with Crippen LogP contribution in [0.4, 0.5) is 0 Å². The van der Waals surface area contributed by atoms with Crippen LogP contribution in [0.5, 0.6) is 0 Å². The van der Waals surface area contributed by atoms with Gasteiger partial charge < -0.3 is 10.1 Å². The van der Waals surface area contributed by atoms with Gasteiger partial charge in [0.15, 0.2) is 0 Å². The van der Waals surface area contributed by atoms with E-state index in [4.69, 9.17) is 4.74 Å². The second-order valence-corrected chi connectivity index (χ2v) is 6.61. The third-order valence-corrected chi connectivity index (χ3v) is 3.89. The Bertz CT molecular complexity index is 233. The van der Waals surface area contributed by atoms with Crippen LogP contribution in [0, 0.1) is 11.3 Å². The zero-order valence-corrected chi connectivity index (χ0v) is 13.0. The van der Waals surface area contributed by atoms with Crippen LogP contribution in [0.15, 0.2) is 0 Å². The molecule has 2 atom stereocenters. The standard InChI is InChI=1S/C15H32N2O/c1-6-15(5,11-16-9-13(2)3)12-17-7-8-18-14(4)10-17/h13-14,16H,6-12H2,1-5H3. The van der Waals surface area contributed by atoms with E-state index in [1.807, 2.05) is 0 Å². The highest BCUT2D eigenvalue weighted by Crippen LogP contribution is 2.23. The first-order chi connectivity index (χ1) is 8.45. The number of hydrogen-bond acceptors (Lipinski definition) is 3. The minimum Gasteiger partial charge on any atom is -0.376 e. The van der Waals surface area contributed by atoms with Gasteiger partial charge in [0.1, 0.15) is 0 Å². The Morgan fingerprint density at radius 3 is 2.72 bits per heavy atom. The summed E-state index contributed by atoms with van der Waals surface area (Å²) in [6.07, 6.45) is 1.62. The molecule has 1 rings (SSSR count). The predicted molar refractivity (Wildman–Crippen MR) is 78.0 cm³/mol. The molecule has 1 aliphatic heterocycles. The molecule has 18 heavy (non-hydrogen) atoms. The molecule has 0 aromatic carbocycles. The fraction of sp³-hybridized carbons (Fsp3) is 1.00. The monoisotopic (exact) mass is 256 g/mol. The second-order valence-electron chi connectivity index (χ2n) is 6.61. The van der Waals surface area contributed by atoms with Crippen molar-refractivity contribution in [2.75, 3.05) is 39.3 Å². The Morgan fingerprint density at radius 1 is 1.44 bits per heavy atom. The molecule has 0 radical (unpaired) electrons. The molecule has 3 heteroatoms. The summed E-state index contributed by atoms with van der Waals surface area (Å²) in [5, 5.41) is 3.62. The van der Waals surface area contributed by atoms with Crippen molar-refractivity contribution < 1.29 is 4.74 Å². The lowest BCUT2D eigenvalue weighted by molar-refractivity contribution is -0.0310. The van der Waals surface area contributed by atoms with Gasteiger partial charge >= 0.3 is 0 Å². The van der Waals surface area contributed by atoms with Gasteiger partial charge in [-0.3, -0.25) is 4.90 Å². The maximum Gasteiger partial charge on any atom is 0.0674 e. The van der Waals surface area contributed by atoms with Crippen LogP contribution in [0.3, 0.4) is 0 Å². The van der Waals surface area contributed by atoms with Crippen LogP contribution in [-0.4, -0.2) is 50.3 Å². The molecule has 3 nitrogen and oxygen atoms in total. The number of ether oxygens (including phenoxy) is 1. The molecule has 0 aromatic rings. The fourth-order valence-electron chi connectivity index (χ4n) is 2.53. The number of nitrogens with zero attached hydrogens (tertiary/aromatic N) is 1. The highest BCUT2D eigenvalue weighted by atomic mass is 16.5. The third-order valence-electron chi connectivity index (χ3n) is 3.89. The van der Waals surface area contributed by atoms with Crippen LogP contribution in [-0.2, 0) is 4.74 Å². The van der Waals surface area contributed by atoms with Crippen molar-refractivity contribution in [1.29, 1.82) is 0 Å². The van der Waals surface area contributed by atoms with Crippen molar-refractivity contribution in [2.24, 2.45) is 11.3 Å². The van der Waals surface area contributed by atoms with Crippen LogP contribution in [0.25, 0.3) is 0 Å². The van der Waals surface area contributed by atoms with E-state index in [2.05, 4.69) is 44.8 Å². The number of hydrogen-bond donors (Lipinski definition) is 1. The molecule has 0 bridgehead atoms. The second kappa shape index (κ2) is 7.46. The summed E-state index contributed by atoms with van der Waals surface area (Å²) < 4.78 is 5.61. The summed E-state index contributed by atoms with van der Waals surface area (Å²) in [6.45, 7) is 17.9. The lowest BCUT2D eigenvalue weighted by atomic mass is 9.86. The largest absolute Gasteiger partial charge is 0.376 e. The first-order valence-corrected chi connectivity index (χ1v) is 7.50. The Labute approximate surface area is 113 Å². The Hall–Kier alpha value is -0.120. The smallest absolute Gasteiger partial charge is 0.0674 e. The van der Waals surface area contributed by atoms with E-state index in [1.54, 1.807) is 0 Å². The average molecular weight is 256 g/mol. The first-order valence-electron chi connectivity index (χ1n) is 7.50. The van der Waals surface area contributed by atoms with E-state index < -0.39 is 0 Å². The maximum atomic E-state index is 5.61. The molecule has 2 unspecified atom stereocenters. The van der Waals surface area contributed by atoms with Gasteiger partial charge in [-0.25, -0.2) is 0 Å². The molecule has 0 aromatic heterocycles. The van der Waals surface area contributed by atoms with Crippen molar-refractivity contribution in [3.05, 3.63) is 0 Å². The minimum absolute atomic E-state index is 0.381. The summed E-state index contributed by atoms with van der Waals surface area (Å²) >= 11 is 0. The molecule has 0 aliphatic carbocycles. The van der Waals surface area contributed by atoms with Crippen LogP contribution in [0.1, 0.15) is 41.0 Å². The van der Waals surface area contributed by atoms with E-state index in [9.17, 15) is 0 Å². The minimum atomic E-state index is 0.381. The molecular formula is C15H32N2O. The van der Waals surface area contributed by atoms with E-state index in [0.717, 1.165) is 38.7 Å². The summed E-state index contributed by atoms with van der Waals surface area (Å²) in [7, 11) is 0. The van der Waals surface area contributed by atoms with E-state index in [1.165, 1.54) is 13.0 Å². The van der Waals surface area contributed by atoms with Gasteiger partial charge in [-0.15, -0.1) is 0 Å². The molecule has 0 amide bonds. The van der Waals surface area contributed by atoms with Crippen molar-refractivity contribution in [3.63, 3.8) is 0 Å². The zero-order chi connectivity index (χ0) is 13.6. The highest BCUT2D eigenvalue weighted by Gasteiger charge is 2.27. The molecule has 108 valence electrons. The molecule has 0 saturated carbocycles. The van der Waals surface area contributed by atoms with Gasteiger partial charge in [-0.2, -0.15) is 0 Å². The lowest BCUT2D eigenvalue weighted by Gasteiger charge is -2.39. The topological polar surface area (TPSA) is 24.5 Å². The third kappa shape index (κ3) is 5.68. The van der Waals surface area contributed by atoms with Gasteiger partial charge in [-0.1, -0.05) is 27.7 Å². The van der Waals surface area contributed by atoms with E-state index in [0.29, 0.717) is 11.5 Å². The van der Waals surface area contributed by atoms with Crippen molar-refractivity contribution in [2.45, 2.75) is 47.1 Å². The molecule has 1 aliphatic rings. The zero-order valence-electron chi connectivity index (χ0n) is 13.0. The maximum absolute atomic E-state index is 5.61. The van der Waals surface area contributed by atoms with Crippen LogP contribution in [0.2, 0.25) is 0 Å². The van der Waals surface area contributed by atoms with Crippen molar-refractivity contribution in [1.82, 2.24) is 10.2 Å². The molecule has 1 N–H and O–H groups in total. The molecule has 1 heterocycles. The van der Waals surface area contributed by atoms with Gasteiger partial charge in [0.25, 0.3) is 0 Å². The van der Waals surface area contributed by atoms with Crippen molar-refractivity contribution in [3.8, 4) is 0 Å². The van der Waals surface area contributed by atoms with Gasteiger partial charge in [0, 0.05) is 26.2 Å². The van der Waals surface area contributed by atoms with Crippen LogP contribution >= 0.6 is 0 Å². The molecule has 1 fully saturated rings. The number of nitrogens with one attached hydrogen (secondary N) is 1. The molecule has 1 saturated heterocycles. The SMILES string of the molecule is CCC(C)(CNCC(C)C)CN1CCOC(C)C1. The summed E-state index contributed by atoms with van der Waals surface area (Å²) in [5.41, 5.74) is 0.381. The Balaban J connectivity index is 2.38. The Kier molecular flexibility index (Phi) is 6.61. The van der Waals surface area contributed by atoms with Crippen LogP contribution < -0.4 is 5.32 Å². The normalized spacial score (nSPS) is 25.3.